The van der Waals surface area contributed by atoms with E-state index >= 15 is 0 Å². The van der Waals surface area contributed by atoms with Gasteiger partial charge in [0.25, 0.3) is 0 Å². The van der Waals surface area contributed by atoms with Gasteiger partial charge in [-0.15, -0.1) is 0 Å². The predicted octanol–water partition coefficient (Wildman–Crippen LogP) is 1.70. The first-order valence-corrected chi connectivity index (χ1v) is 7.21. The van der Waals surface area contributed by atoms with Gasteiger partial charge in [-0.2, -0.15) is 0 Å². The summed E-state index contributed by atoms with van der Waals surface area (Å²) in [5.41, 5.74) is 0.964. The summed E-state index contributed by atoms with van der Waals surface area (Å²) in [6.45, 7) is 6.21. The van der Waals surface area contributed by atoms with Crippen molar-refractivity contribution in [1.29, 1.82) is 0 Å². The third-order valence-corrected chi connectivity index (χ3v) is 4.14. The Hall–Kier alpha value is -1.46. The van der Waals surface area contributed by atoms with Gasteiger partial charge in [0, 0.05) is 18.8 Å². The lowest BCUT2D eigenvalue weighted by Crippen LogP contribution is -2.43. The highest BCUT2D eigenvalue weighted by atomic mass is 16.4. The molecular formula is C15H23N3O2. The molecule has 2 rings (SSSR count). The van der Waals surface area contributed by atoms with Crippen molar-refractivity contribution in [3.8, 4) is 0 Å². The number of hydrogen-bond acceptors (Lipinski definition) is 4. The molecule has 1 saturated heterocycles. The van der Waals surface area contributed by atoms with E-state index in [-0.39, 0.29) is 5.69 Å². The molecule has 0 unspecified atom stereocenters. The molecule has 2 heterocycles. The normalized spacial score (nSPS) is 17.6. The smallest absolute Gasteiger partial charge is 0.354 e. The molecule has 0 atom stereocenters. The van der Waals surface area contributed by atoms with Crippen LogP contribution in [0.2, 0.25) is 0 Å². The first kappa shape index (κ1) is 14.9. The standard InChI is InChI=1S/C15H23N3O2/c1-3-18-9-6-13(7-10-18)17(2)11-12-5-4-8-16-14(12)15(19)20/h4-5,8,13H,3,6-7,9-11H2,1-2H3,(H,19,20). The number of pyridine rings is 1. The van der Waals surface area contributed by atoms with E-state index in [0.29, 0.717) is 12.6 Å². The van der Waals surface area contributed by atoms with Gasteiger partial charge in [0.05, 0.1) is 0 Å². The minimum atomic E-state index is -0.949. The average molecular weight is 277 g/mol. The van der Waals surface area contributed by atoms with E-state index in [2.05, 4.69) is 28.8 Å². The number of carbonyl (C=O) groups is 1. The lowest BCUT2D eigenvalue weighted by atomic mass is 10.0. The topological polar surface area (TPSA) is 56.7 Å². The lowest BCUT2D eigenvalue weighted by Gasteiger charge is -2.36. The number of aromatic carboxylic acids is 1. The molecule has 5 nitrogen and oxygen atoms in total. The fourth-order valence-electron chi connectivity index (χ4n) is 2.83. The van der Waals surface area contributed by atoms with Gasteiger partial charge < -0.3 is 10.0 Å². The largest absolute Gasteiger partial charge is 0.477 e. The maximum absolute atomic E-state index is 11.2. The van der Waals surface area contributed by atoms with Crippen molar-refractivity contribution in [2.75, 3.05) is 26.7 Å². The monoisotopic (exact) mass is 277 g/mol. The molecule has 0 radical (unpaired) electrons. The van der Waals surface area contributed by atoms with E-state index in [4.69, 9.17) is 5.11 Å². The third-order valence-electron chi connectivity index (χ3n) is 4.14. The van der Waals surface area contributed by atoms with Gasteiger partial charge in [-0.05, 0) is 51.2 Å². The molecule has 1 aromatic rings. The molecule has 0 aliphatic carbocycles. The van der Waals surface area contributed by atoms with Gasteiger partial charge in [0.1, 0.15) is 0 Å². The molecule has 1 aliphatic rings. The molecule has 1 fully saturated rings. The molecule has 0 saturated carbocycles. The van der Waals surface area contributed by atoms with Crippen LogP contribution in [0.4, 0.5) is 0 Å². The molecule has 1 aliphatic heterocycles. The van der Waals surface area contributed by atoms with Crippen LogP contribution in [0.1, 0.15) is 35.8 Å². The van der Waals surface area contributed by atoms with Crippen LogP contribution in [-0.2, 0) is 6.54 Å². The second-order valence-corrected chi connectivity index (χ2v) is 5.40. The lowest BCUT2D eigenvalue weighted by molar-refractivity contribution is 0.0686. The van der Waals surface area contributed by atoms with Crippen LogP contribution in [0.5, 0.6) is 0 Å². The number of piperidine rings is 1. The van der Waals surface area contributed by atoms with Gasteiger partial charge in [-0.1, -0.05) is 13.0 Å². The number of rotatable bonds is 5. The van der Waals surface area contributed by atoms with Crippen LogP contribution in [0.3, 0.4) is 0 Å². The minimum Gasteiger partial charge on any atom is -0.477 e. The van der Waals surface area contributed by atoms with Gasteiger partial charge in [-0.3, -0.25) is 4.90 Å². The maximum Gasteiger partial charge on any atom is 0.354 e. The average Bonchev–Trinajstić information content (AvgIpc) is 2.47. The zero-order chi connectivity index (χ0) is 14.5. The Morgan fingerprint density at radius 1 is 1.50 bits per heavy atom. The van der Waals surface area contributed by atoms with Crippen molar-refractivity contribution in [2.45, 2.75) is 32.4 Å². The van der Waals surface area contributed by atoms with E-state index in [1.165, 1.54) is 6.20 Å². The van der Waals surface area contributed by atoms with E-state index in [1.54, 1.807) is 6.07 Å². The van der Waals surface area contributed by atoms with Crippen LogP contribution >= 0.6 is 0 Å². The summed E-state index contributed by atoms with van der Waals surface area (Å²) in [6.07, 6.45) is 3.83. The van der Waals surface area contributed by atoms with Gasteiger partial charge >= 0.3 is 5.97 Å². The molecule has 110 valence electrons. The summed E-state index contributed by atoms with van der Waals surface area (Å²) in [7, 11) is 2.07. The summed E-state index contributed by atoms with van der Waals surface area (Å²) in [5.74, 6) is -0.949. The molecule has 0 aromatic carbocycles. The van der Waals surface area contributed by atoms with E-state index in [0.717, 1.165) is 38.0 Å². The van der Waals surface area contributed by atoms with Crippen molar-refractivity contribution >= 4 is 5.97 Å². The second-order valence-electron chi connectivity index (χ2n) is 5.40. The van der Waals surface area contributed by atoms with Crippen molar-refractivity contribution in [3.63, 3.8) is 0 Å². The quantitative estimate of drug-likeness (QED) is 0.887. The fourth-order valence-corrected chi connectivity index (χ4v) is 2.83. The van der Waals surface area contributed by atoms with E-state index in [1.807, 2.05) is 6.07 Å². The molecule has 0 spiro atoms. The van der Waals surface area contributed by atoms with Gasteiger partial charge in [0.15, 0.2) is 5.69 Å². The van der Waals surface area contributed by atoms with Crippen molar-refractivity contribution in [3.05, 3.63) is 29.6 Å². The molecule has 0 bridgehead atoms. The first-order valence-electron chi connectivity index (χ1n) is 7.21. The molecule has 20 heavy (non-hydrogen) atoms. The van der Waals surface area contributed by atoms with Gasteiger partial charge in [0.2, 0.25) is 0 Å². The molecule has 1 N–H and O–H groups in total. The summed E-state index contributed by atoms with van der Waals surface area (Å²) in [5, 5.41) is 9.17. The number of carboxylic acids is 1. The van der Waals surface area contributed by atoms with Crippen molar-refractivity contribution < 1.29 is 9.90 Å². The second kappa shape index (κ2) is 6.81. The molecule has 0 amide bonds. The third kappa shape index (κ3) is 3.55. The Labute approximate surface area is 120 Å². The number of hydrogen-bond donors (Lipinski definition) is 1. The van der Waals surface area contributed by atoms with Crippen LogP contribution in [0, 0.1) is 0 Å². The SMILES string of the molecule is CCN1CCC(N(C)Cc2cccnc2C(=O)O)CC1. The Morgan fingerprint density at radius 3 is 2.80 bits per heavy atom. The van der Waals surface area contributed by atoms with Crippen LogP contribution in [0.25, 0.3) is 0 Å². The van der Waals surface area contributed by atoms with Crippen molar-refractivity contribution in [1.82, 2.24) is 14.8 Å². The summed E-state index contributed by atoms with van der Waals surface area (Å²) < 4.78 is 0. The zero-order valence-electron chi connectivity index (χ0n) is 12.2. The predicted molar refractivity (Wildman–Crippen MR) is 77.8 cm³/mol. The Kier molecular flexibility index (Phi) is 5.09. The first-order chi connectivity index (χ1) is 9.61. The Morgan fingerprint density at radius 2 is 2.20 bits per heavy atom. The van der Waals surface area contributed by atoms with Crippen LogP contribution in [0.15, 0.2) is 18.3 Å². The number of nitrogens with zero attached hydrogens (tertiary/aromatic N) is 3. The summed E-state index contributed by atoms with van der Waals surface area (Å²) >= 11 is 0. The highest BCUT2D eigenvalue weighted by molar-refractivity contribution is 5.86. The van der Waals surface area contributed by atoms with Crippen molar-refractivity contribution in [2.24, 2.45) is 0 Å². The molecule has 1 aromatic heterocycles. The van der Waals surface area contributed by atoms with Gasteiger partial charge in [-0.25, -0.2) is 9.78 Å². The molecular weight excluding hydrogens is 254 g/mol. The minimum absolute atomic E-state index is 0.172. The van der Waals surface area contributed by atoms with E-state index in [9.17, 15) is 4.79 Å². The number of aromatic nitrogens is 1. The van der Waals surface area contributed by atoms with Crippen LogP contribution < -0.4 is 0 Å². The number of carboxylic acid groups (broad SMARTS) is 1. The highest BCUT2D eigenvalue weighted by Crippen LogP contribution is 2.18. The van der Waals surface area contributed by atoms with Crippen LogP contribution in [-0.4, -0.2) is 58.6 Å². The Bertz CT molecular complexity index is 456. The maximum atomic E-state index is 11.2. The summed E-state index contributed by atoms with van der Waals surface area (Å²) in [6, 6.07) is 4.18. The zero-order valence-corrected chi connectivity index (χ0v) is 12.2. The molecule has 5 heteroatoms. The van der Waals surface area contributed by atoms with E-state index < -0.39 is 5.97 Å². The summed E-state index contributed by atoms with van der Waals surface area (Å²) in [4.78, 5) is 19.9. The fraction of sp³-hybridized carbons (Fsp3) is 0.600. The Balaban J connectivity index is 1.98. The highest BCUT2D eigenvalue weighted by Gasteiger charge is 2.22. The number of likely N-dealkylation sites (tertiary alicyclic amines) is 1.